The first kappa shape index (κ1) is 14.8. The topological polar surface area (TPSA) is 46.3 Å². The van der Waals surface area contributed by atoms with Gasteiger partial charge < -0.3 is 10.6 Å². The lowest BCUT2D eigenvalue weighted by Crippen LogP contribution is -2.46. The monoisotopic (exact) mass is 266 g/mol. The van der Waals surface area contributed by atoms with Crippen LogP contribution in [0.15, 0.2) is 0 Å². The fourth-order valence-corrected chi connectivity index (χ4v) is 3.59. The predicted octanol–water partition coefficient (Wildman–Crippen LogP) is 2.64. The Kier molecular flexibility index (Phi) is 4.24. The molecule has 4 atom stereocenters. The highest BCUT2D eigenvalue weighted by Gasteiger charge is 2.39. The Morgan fingerprint density at radius 1 is 1.21 bits per heavy atom. The third-order valence-corrected chi connectivity index (χ3v) is 5.21. The maximum absolute atomic E-state index is 12.7. The third kappa shape index (κ3) is 3.31. The average Bonchev–Trinajstić information content (AvgIpc) is 2.80. The summed E-state index contributed by atoms with van der Waals surface area (Å²) in [5.41, 5.74) is 6.49. The summed E-state index contributed by atoms with van der Waals surface area (Å²) in [7, 11) is 0. The zero-order valence-electron chi connectivity index (χ0n) is 13.0. The molecule has 1 aliphatic heterocycles. The summed E-state index contributed by atoms with van der Waals surface area (Å²) in [6, 6.07) is 0.0809. The average molecular weight is 266 g/mol. The molecule has 2 rings (SSSR count). The molecule has 1 saturated carbocycles. The van der Waals surface area contributed by atoms with Crippen molar-refractivity contribution in [1.82, 2.24) is 4.90 Å². The highest BCUT2D eigenvalue weighted by Crippen LogP contribution is 2.36. The van der Waals surface area contributed by atoms with E-state index in [-0.39, 0.29) is 12.0 Å². The van der Waals surface area contributed by atoms with Gasteiger partial charge in [-0.3, -0.25) is 4.79 Å². The smallest absolute Gasteiger partial charge is 0.227 e. The minimum Gasteiger partial charge on any atom is -0.342 e. The van der Waals surface area contributed by atoms with E-state index in [0.29, 0.717) is 23.2 Å². The van der Waals surface area contributed by atoms with Crippen molar-refractivity contribution >= 4 is 5.91 Å². The molecule has 1 amide bonds. The summed E-state index contributed by atoms with van der Waals surface area (Å²) in [5, 5.41) is 0. The largest absolute Gasteiger partial charge is 0.342 e. The zero-order chi connectivity index (χ0) is 14.2. The molecule has 4 unspecified atom stereocenters. The van der Waals surface area contributed by atoms with Crippen molar-refractivity contribution in [2.75, 3.05) is 13.1 Å². The first-order valence-corrected chi connectivity index (χ1v) is 7.83. The fraction of sp³-hybridized carbons (Fsp3) is 0.938. The van der Waals surface area contributed by atoms with E-state index >= 15 is 0 Å². The second-order valence-corrected chi connectivity index (χ2v) is 7.82. The van der Waals surface area contributed by atoms with Gasteiger partial charge in [0.15, 0.2) is 0 Å². The molecule has 19 heavy (non-hydrogen) atoms. The van der Waals surface area contributed by atoms with Gasteiger partial charge >= 0.3 is 0 Å². The summed E-state index contributed by atoms with van der Waals surface area (Å²) in [4.78, 5) is 14.8. The van der Waals surface area contributed by atoms with Crippen LogP contribution in [0.2, 0.25) is 0 Å². The van der Waals surface area contributed by atoms with Gasteiger partial charge in [0.2, 0.25) is 5.91 Å². The Hall–Kier alpha value is -0.570. The van der Waals surface area contributed by atoms with E-state index in [4.69, 9.17) is 5.73 Å². The number of carbonyl (C=O) groups excluding carboxylic acids is 1. The highest BCUT2D eigenvalue weighted by atomic mass is 16.2. The van der Waals surface area contributed by atoms with Crippen molar-refractivity contribution in [2.24, 2.45) is 28.9 Å². The van der Waals surface area contributed by atoms with Crippen LogP contribution >= 0.6 is 0 Å². The number of nitrogens with two attached hydrogens (primary N) is 1. The van der Waals surface area contributed by atoms with Crippen LogP contribution in [-0.4, -0.2) is 29.9 Å². The van der Waals surface area contributed by atoms with Crippen LogP contribution in [0.4, 0.5) is 0 Å². The summed E-state index contributed by atoms with van der Waals surface area (Å²) in [6.07, 6.45) is 4.31. The van der Waals surface area contributed by atoms with E-state index in [1.807, 2.05) is 0 Å². The minimum atomic E-state index is 0.0717. The number of nitrogens with zero attached hydrogens (tertiary/aromatic N) is 1. The molecule has 3 heteroatoms. The van der Waals surface area contributed by atoms with Gasteiger partial charge in [0.1, 0.15) is 0 Å². The van der Waals surface area contributed by atoms with Crippen LogP contribution in [0.1, 0.15) is 53.4 Å². The number of hydrogen-bond donors (Lipinski definition) is 1. The van der Waals surface area contributed by atoms with E-state index in [1.54, 1.807) is 0 Å². The molecule has 0 aromatic carbocycles. The van der Waals surface area contributed by atoms with E-state index < -0.39 is 0 Å². The maximum Gasteiger partial charge on any atom is 0.227 e. The summed E-state index contributed by atoms with van der Waals surface area (Å²) in [5.74, 6) is 1.68. The maximum atomic E-state index is 12.7. The predicted molar refractivity (Wildman–Crippen MR) is 78.6 cm³/mol. The molecule has 110 valence electrons. The molecule has 0 radical (unpaired) electrons. The number of hydrogen-bond acceptors (Lipinski definition) is 2. The minimum absolute atomic E-state index is 0.0717. The fourth-order valence-electron chi connectivity index (χ4n) is 3.59. The van der Waals surface area contributed by atoms with E-state index in [0.717, 1.165) is 32.4 Å². The van der Waals surface area contributed by atoms with Crippen LogP contribution < -0.4 is 5.73 Å². The molecule has 1 heterocycles. The zero-order valence-corrected chi connectivity index (χ0v) is 13.0. The summed E-state index contributed by atoms with van der Waals surface area (Å²) < 4.78 is 0. The molecule has 1 saturated heterocycles. The first-order chi connectivity index (χ1) is 8.79. The Bertz CT molecular complexity index is 334. The molecule has 2 fully saturated rings. The van der Waals surface area contributed by atoms with Gasteiger partial charge in [-0.2, -0.15) is 0 Å². The lowest BCUT2D eigenvalue weighted by Gasteiger charge is -2.34. The number of carbonyl (C=O) groups is 1. The normalized spacial score (nSPS) is 36.6. The third-order valence-electron chi connectivity index (χ3n) is 5.21. The van der Waals surface area contributed by atoms with E-state index in [1.165, 1.54) is 6.42 Å². The van der Waals surface area contributed by atoms with Crippen molar-refractivity contribution in [3.05, 3.63) is 0 Å². The van der Waals surface area contributed by atoms with Gasteiger partial charge in [-0.05, 0) is 42.9 Å². The summed E-state index contributed by atoms with van der Waals surface area (Å²) >= 11 is 0. The van der Waals surface area contributed by atoms with Crippen molar-refractivity contribution in [1.29, 1.82) is 0 Å². The quantitative estimate of drug-likeness (QED) is 0.793. The van der Waals surface area contributed by atoms with Crippen molar-refractivity contribution in [3.8, 4) is 0 Å². The van der Waals surface area contributed by atoms with Gasteiger partial charge in [-0.25, -0.2) is 0 Å². The Morgan fingerprint density at radius 3 is 2.47 bits per heavy atom. The van der Waals surface area contributed by atoms with Crippen molar-refractivity contribution in [3.63, 3.8) is 0 Å². The van der Waals surface area contributed by atoms with Crippen molar-refractivity contribution in [2.45, 2.75) is 59.4 Å². The number of likely N-dealkylation sites (tertiary alicyclic amines) is 1. The molecule has 0 bridgehead atoms. The molecular formula is C16H30N2O. The highest BCUT2D eigenvalue weighted by molar-refractivity contribution is 5.80. The molecule has 1 aliphatic carbocycles. The second-order valence-electron chi connectivity index (χ2n) is 7.82. The van der Waals surface area contributed by atoms with Gasteiger partial charge in [0.25, 0.3) is 0 Å². The van der Waals surface area contributed by atoms with Crippen LogP contribution in [-0.2, 0) is 4.79 Å². The van der Waals surface area contributed by atoms with Crippen LogP contribution in [0.25, 0.3) is 0 Å². The van der Waals surface area contributed by atoms with Gasteiger partial charge in [0.05, 0.1) is 5.92 Å². The van der Waals surface area contributed by atoms with Crippen LogP contribution in [0.3, 0.4) is 0 Å². The lowest BCUT2D eigenvalue weighted by molar-refractivity contribution is -0.136. The van der Waals surface area contributed by atoms with Crippen LogP contribution in [0, 0.1) is 23.2 Å². The molecule has 0 aromatic heterocycles. The first-order valence-electron chi connectivity index (χ1n) is 7.83. The second kappa shape index (κ2) is 5.43. The molecular weight excluding hydrogens is 236 g/mol. The van der Waals surface area contributed by atoms with Gasteiger partial charge in [-0.1, -0.05) is 27.7 Å². The van der Waals surface area contributed by atoms with E-state index in [2.05, 4.69) is 32.6 Å². The number of amides is 1. The van der Waals surface area contributed by atoms with Gasteiger partial charge in [-0.15, -0.1) is 0 Å². The van der Waals surface area contributed by atoms with E-state index in [9.17, 15) is 4.79 Å². The Morgan fingerprint density at radius 2 is 1.89 bits per heavy atom. The molecule has 2 aliphatic rings. The Balaban J connectivity index is 1.97. The molecule has 3 nitrogen and oxygen atoms in total. The molecule has 2 N–H and O–H groups in total. The lowest BCUT2D eigenvalue weighted by atomic mass is 9.78. The Labute approximate surface area is 117 Å². The van der Waals surface area contributed by atoms with Crippen LogP contribution in [0.5, 0.6) is 0 Å². The molecule has 0 spiro atoms. The number of rotatable bonds is 1. The SMILES string of the molecule is CC1CCC(N)C(C(=O)N2CCC(C(C)(C)C)C2)C1. The summed E-state index contributed by atoms with van der Waals surface area (Å²) in [6.45, 7) is 10.9. The van der Waals surface area contributed by atoms with Crippen molar-refractivity contribution < 1.29 is 4.79 Å². The molecule has 0 aromatic rings. The van der Waals surface area contributed by atoms with Gasteiger partial charge in [0, 0.05) is 19.1 Å². The standard InChI is InChI=1S/C16H30N2O/c1-11-5-6-14(17)13(9-11)15(19)18-8-7-12(10-18)16(2,3)4/h11-14H,5-10,17H2,1-4H3.